The molecule has 10 heteroatoms. The lowest BCUT2D eigenvalue weighted by atomic mass is 10.2. The molecule has 0 saturated carbocycles. The zero-order valence-corrected chi connectivity index (χ0v) is 15.2. The molecule has 0 spiro atoms. The zero-order chi connectivity index (χ0) is 19.0. The second-order valence-electron chi connectivity index (χ2n) is 5.64. The number of anilines is 2. The maximum atomic E-state index is 12.3. The summed E-state index contributed by atoms with van der Waals surface area (Å²) >= 11 is 3.17. The molecule has 3 amide bonds. The molecule has 1 aromatic carbocycles. The minimum Gasteiger partial charge on any atom is -0.444 e. The summed E-state index contributed by atoms with van der Waals surface area (Å²) in [5, 5.41) is 10.0. The second-order valence-corrected chi connectivity index (χ2v) is 6.42. The van der Waals surface area contributed by atoms with Crippen molar-refractivity contribution >= 4 is 45.4 Å². The Hall–Kier alpha value is -3.27. The summed E-state index contributed by atoms with van der Waals surface area (Å²) in [5.41, 5.74) is 0.737. The molecule has 2 aromatic heterocycles. The summed E-state index contributed by atoms with van der Waals surface area (Å²) in [6.07, 6.45) is 0.402. The van der Waals surface area contributed by atoms with Crippen LogP contribution in [0.3, 0.4) is 0 Å². The number of aromatic nitrogens is 2. The summed E-state index contributed by atoms with van der Waals surface area (Å²) in [7, 11) is 0. The van der Waals surface area contributed by atoms with E-state index < -0.39 is 5.91 Å². The highest BCUT2D eigenvalue weighted by Gasteiger charge is 2.30. The fraction of sp³-hybridized carbons (Fsp3) is 0.118. The molecule has 9 nitrogen and oxygen atoms in total. The molecule has 0 aliphatic carbocycles. The van der Waals surface area contributed by atoms with Crippen molar-refractivity contribution in [1.82, 2.24) is 10.2 Å². The van der Waals surface area contributed by atoms with E-state index in [-0.39, 0.29) is 36.6 Å². The minimum absolute atomic E-state index is 0.0866. The van der Waals surface area contributed by atoms with E-state index in [1.54, 1.807) is 12.1 Å². The van der Waals surface area contributed by atoms with E-state index in [0.29, 0.717) is 21.7 Å². The lowest BCUT2D eigenvalue weighted by Gasteiger charge is -2.13. The third kappa shape index (κ3) is 3.38. The van der Waals surface area contributed by atoms with Gasteiger partial charge < -0.3 is 8.83 Å². The second kappa shape index (κ2) is 6.80. The van der Waals surface area contributed by atoms with Gasteiger partial charge in [-0.05, 0) is 52.3 Å². The van der Waals surface area contributed by atoms with Crippen molar-refractivity contribution in [3.05, 3.63) is 46.6 Å². The van der Waals surface area contributed by atoms with Crippen LogP contribution in [0, 0.1) is 0 Å². The SMILES string of the molecule is O=C(Nc1nnc(-c2ccc(Br)o2)o1)c1ccc(N2C(=O)CCC2=O)cc1. The normalized spacial score (nSPS) is 14.0. The molecule has 0 radical (unpaired) electrons. The van der Waals surface area contributed by atoms with E-state index in [9.17, 15) is 14.4 Å². The van der Waals surface area contributed by atoms with Crippen LogP contribution in [0.2, 0.25) is 0 Å². The van der Waals surface area contributed by atoms with E-state index in [2.05, 4.69) is 31.4 Å². The number of carbonyl (C=O) groups excluding carboxylic acids is 3. The first kappa shape index (κ1) is 17.2. The van der Waals surface area contributed by atoms with Crippen molar-refractivity contribution < 1.29 is 23.2 Å². The van der Waals surface area contributed by atoms with Crippen LogP contribution < -0.4 is 10.2 Å². The molecule has 1 aliphatic rings. The molecule has 3 heterocycles. The maximum Gasteiger partial charge on any atom is 0.322 e. The molecule has 0 unspecified atom stereocenters. The van der Waals surface area contributed by atoms with E-state index in [4.69, 9.17) is 8.83 Å². The molecule has 0 atom stereocenters. The van der Waals surface area contributed by atoms with Crippen molar-refractivity contribution in [1.29, 1.82) is 0 Å². The summed E-state index contributed by atoms with van der Waals surface area (Å²) in [5.74, 6) is -0.492. The largest absolute Gasteiger partial charge is 0.444 e. The number of hydrogen-bond acceptors (Lipinski definition) is 7. The van der Waals surface area contributed by atoms with Crippen LogP contribution >= 0.6 is 15.9 Å². The molecule has 4 rings (SSSR count). The number of nitrogens with zero attached hydrogens (tertiary/aromatic N) is 3. The third-order valence-electron chi connectivity index (χ3n) is 3.87. The van der Waals surface area contributed by atoms with Crippen LogP contribution in [0.15, 0.2) is 49.9 Å². The van der Waals surface area contributed by atoms with Crippen molar-refractivity contribution in [2.24, 2.45) is 0 Å². The Morgan fingerprint density at radius 3 is 2.33 bits per heavy atom. The molecule has 27 heavy (non-hydrogen) atoms. The predicted octanol–water partition coefficient (Wildman–Crippen LogP) is 3.00. The molecule has 1 saturated heterocycles. The van der Waals surface area contributed by atoms with Gasteiger partial charge in [0.15, 0.2) is 10.4 Å². The highest BCUT2D eigenvalue weighted by Crippen LogP contribution is 2.26. The molecule has 1 aliphatic heterocycles. The van der Waals surface area contributed by atoms with Gasteiger partial charge in [0.05, 0.1) is 5.69 Å². The Bertz CT molecular complexity index is 1020. The monoisotopic (exact) mass is 430 g/mol. The number of rotatable bonds is 4. The van der Waals surface area contributed by atoms with Crippen LogP contribution in [0.4, 0.5) is 11.7 Å². The number of halogens is 1. The molecule has 0 bridgehead atoms. The lowest BCUT2D eigenvalue weighted by molar-refractivity contribution is -0.121. The molecule has 1 fully saturated rings. The van der Waals surface area contributed by atoms with E-state index >= 15 is 0 Å². The van der Waals surface area contributed by atoms with Crippen molar-refractivity contribution in [2.45, 2.75) is 12.8 Å². The minimum atomic E-state index is -0.476. The molecular weight excluding hydrogens is 420 g/mol. The average molecular weight is 431 g/mol. The fourth-order valence-corrected chi connectivity index (χ4v) is 2.90. The molecule has 136 valence electrons. The van der Waals surface area contributed by atoms with Gasteiger partial charge in [0.1, 0.15) is 0 Å². The number of amides is 3. The fourth-order valence-electron chi connectivity index (χ4n) is 2.60. The van der Waals surface area contributed by atoms with E-state index in [1.807, 2.05) is 0 Å². The standard InChI is InChI=1S/C17H11BrN4O5/c18-12-6-5-11(26-12)16-20-21-17(27-16)19-15(25)9-1-3-10(4-2-9)22-13(23)7-8-14(22)24/h1-6H,7-8H2,(H,19,21,25). The lowest BCUT2D eigenvalue weighted by Crippen LogP contribution is -2.28. The third-order valence-corrected chi connectivity index (χ3v) is 4.29. The number of benzene rings is 1. The van der Waals surface area contributed by atoms with Crippen LogP contribution in [0.1, 0.15) is 23.2 Å². The average Bonchev–Trinajstić information content (AvgIpc) is 3.36. The van der Waals surface area contributed by atoms with Gasteiger partial charge in [-0.3, -0.25) is 24.6 Å². The number of carbonyl (C=O) groups is 3. The van der Waals surface area contributed by atoms with Gasteiger partial charge in [-0.1, -0.05) is 5.10 Å². The predicted molar refractivity (Wildman–Crippen MR) is 95.8 cm³/mol. The van der Waals surface area contributed by atoms with Gasteiger partial charge in [-0.15, -0.1) is 5.10 Å². The Kier molecular flexibility index (Phi) is 4.32. The Morgan fingerprint density at radius 1 is 1.00 bits per heavy atom. The highest BCUT2D eigenvalue weighted by molar-refractivity contribution is 9.10. The summed E-state index contributed by atoms with van der Waals surface area (Å²) in [6.45, 7) is 0. The van der Waals surface area contributed by atoms with Gasteiger partial charge in [0, 0.05) is 18.4 Å². The van der Waals surface area contributed by atoms with E-state index in [1.165, 1.54) is 24.3 Å². The highest BCUT2D eigenvalue weighted by atomic mass is 79.9. The number of imide groups is 1. The van der Waals surface area contributed by atoms with Crippen LogP contribution in [0.5, 0.6) is 0 Å². The molecule has 1 N–H and O–H groups in total. The van der Waals surface area contributed by atoms with Gasteiger partial charge in [-0.2, -0.15) is 0 Å². The molecular formula is C17H11BrN4O5. The van der Waals surface area contributed by atoms with Crippen LogP contribution in [0.25, 0.3) is 11.7 Å². The Balaban J connectivity index is 1.46. The summed E-state index contributed by atoms with van der Waals surface area (Å²) in [6, 6.07) is 9.31. The molecule has 3 aromatic rings. The van der Waals surface area contributed by atoms with Crippen LogP contribution in [-0.2, 0) is 9.59 Å². The van der Waals surface area contributed by atoms with E-state index in [0.717, 1.165) is 4.90 Å². The smallest absolute Gasteiger partial charge is 0.322 e. The first-order chi connectivity index (χ1) is 13.0. The number of nitrogens with one attached hydrogen (secondary N) is 1. The van der Waals surface area contributed by atoms with Crippen molar-refractivity contribution in [3.63, 3.8) is 0 Å². The number of hydrogen-bond donors (Lipinski definition) is 1. The summed E-state index contributed by atoms with van der Waals surface area (Å²) < 4.78 is 11.2. The Labute approximate surface area is 160 Å². The zero-order valence-electron chi connectivity index (χ0n) is 13.6. The van der Waals surface area contributed by atoms with Crippen LogP contribution in [-0.4, -0.2) is 27.9 Å². The first-order valence-corrected chi connectivity index (χ1v) is 8.67. The Morgan fingerprint density at radius 2 is 1.70 bits per heavy atom. The van der Waals surface area contributed by atoms with Crippen molar-refractivity contribution in [2.75, 3.05) is 10.2 Å². The maximum absolute atomic E-state index is 12.3. The van der Waals surface area contributed by atoms with Gasteiger partial charge in [0.25, 0.3) is 11.8 Å². The summed E-state index contributed by atoms with van der Waals surface area (Å²) in [4.78, 5) is 36.9. The van der Waals surface area contributed by atoms with Gasteiger partial charge >= 0.3 is 6.01 Å². The first-order valence-electron chi connectivity index (χ1n) is 7.88. The van der Waals surface area contributed by atoms with Gasteiger partial charge in [0.2, 0.25) is 11.8 Å². The number of furan rings is 1. The quantitative estimate of drug-likeness (QED) is 0.631. The van der Waals surface area contributed by atoms with Crippen molar-refractivity contribution in [3.8, 4) is 11.7 Å². The topological polar surface area (TPSA) is 119 Å². The van der Waals surface area contributed by atoms with Gasteiger partial charge in [-0.25, -0.2) is 0 Å².